The molecule has 1 atom stereocenters. The summed E-state index contributed by atoms with van der Waals surface area (Å²) in [5, 5.41) is 20.5. The van der Waals surface area contributed by atoms with Crippen LogP contribution in [-0.2, 0) is 0 Å². The average Bonchev–Trinajstić information content (AvgIpc) is 2.22. The summed E-state index contributed by atoms with van der Waals surface area (Å²) < 4.78 is 0. The second-order valence-corrected chi connectivity index (χ2v) is 3.56. The van der Waals surface area contributed by atoms with E-state index in [0.717, 1.165) is 25.8 Å². The van der Waals surface area contributed by atoms with Crippen LogP contribution in [0.3, 0.4) is 0 Å². The normalized spacial score (nSPS) is 12.4. The van der Waals surface area contributed by atoms with Gasteiger partial charge in [0.1, 0.15) is 0 Å². The van der Waals surface area contributed by atoms with Crippen LogP contribution < -0.4 is 5.32 Å². The Labute approximate surface area is 87.1 Å². The fourth-order valence-electron chi connectivity index (χ4n) is 1.34. The van der Waals surface area contributed by atoms with Crippen LogP contribution in [0.5, 0.6) is 0 Å². The quantitative estimate of drug-likeness (QED) is 0.556. The number of nitrogens with one attached hydrogen (secondary N) is 1. The molecule has 3 nitrogen and oxygen atoms in total. The molecule has 0 saturated heterocycles. The first-order chi connectivity index (χ1) is 6.85. The van der Waals surface area contributed by atoms with Gasteiger partial charge in [0, 0.05) is 6.61 Å². The summed E-state index contributed by atoms with van der Waals surface area (Å²) in [6.07, 6.45) is 6.49. The molecular weight excluding hydrogens is 176 g/mol. The van der Waals surface area contributed by atoms with Crippen LogP contribution in [0.4, 0.5) is 0 Å². The fraction of sp³-hybridized carbons (Fsp3) is 0.909. The highest BCUT2D eigenvalue weighted by Crippen LogP contribution is 2.04. The summed E-state index contributed by atoms with van der Waals surface area (Å²) >= 11 is 0. The highest BCUT2D eigenvalue weighted by Gasteiger charge is 2.04. The van der Waals surface area contributed by atoms with Gasteiger partial charge in [-0.3, -0.25) is 0 Å². The molecule has 0 aliphatic carbocycles. The van der Waals surface area contributed by atoms with Gasteiger partial charge in [-0.1, -0.05) is 32.6 Å². The number of hydrogen-bond acceptors (Lipinski definition) is 3. The highest BCUT2D eigenvalue weighted by molar-refractivity contribution is 4.89. The Balaban J connectivity index is 3.35. The Morgan fingerprint density at radius 1 is 1.29 bits per heavy atom. The summed E-state index contributed by atoms with van der Waals surface area (Å²) in [7, 11) is 0. The minimum absolute atomic E-state index is 0.0293. The third-order valence-corrected chi connectivity index (χ3v) is 2.23. The second kappa shape index (κ2) is 10.5. The minimum atomic E-state index is -0.0293. The van der Waals surface area contributed by atoms with Gasteiger partial charge in [0.25, 0.3) is 0 Å². The Kier molecular flexibility index (Phi) is 10.0. The molecule has 3 heteroatoms. The molecule has 0 spiro atoms. The standard InChI is InChI=1S/C11H22N2O/c1-2-3-4-5-7-11(10-12)13-8-6-9-14/h11,13-14H,2-9H2,1H3. The average molecular weight is 198 g/mol. The van der Waals surface area contributed by atoms with Crippen LogP contribution >= 0.6 is 0 Å². The van der Waals surface area contributed by atoms with Crippen molar-refractivity contribution in [3.8, 4) is 6.07 Å². The van der Waals surface area contributed by atoms with Gasteiger partial charge in [0.2, 0.25) is 0 Å². The number of aliphatic hydroxyl groups is 1. The molecule has 2 N–H and O–H groups in total. The number of nitrogens with zero attached hydrogens (tertiary/aromatic N) is 1. The van der Waals surface area contributed by atoms with Crippen LogP contribution in [0.25, 0.3) is 0 Å². The van der Waals surface area contributed by atoms with Gasteiger partial charge in [-0.05, 0) is 19.4 Å². The Hall–Kier alpha value is -0.590. The molecule has 0 amide bonds. The van der Waals surface area contributed by atoms with Crippen molar-refractivity contribution in [1.29, 1.82) is 5.26 Å². The zero-order valence-corrected chi connectivity index (χ0v) is 9.13. The SMILES string of the molecule is CCCCCCC(C#N)NCCCO. The van der Waals surface area contributed by atoms with Crippen molar-refractivity contribution in [3.63, 3.8) is 0 Å². The van der Waals surface area contributed by atoms with Crippen molar-refractivity contribution in [2.75, 3.05) is 13.2 Å². The van der Waals surface area contributed by atoms with E-state index in [9.17, 15) is 0 Å². The van der Waals surface area contributed by atoms with E-state index in [2.05, 4.69) is 18.3 Å². The van der Waals surface area contributed by atoms with E-state index in [1.165, 1.54) is 19.3 Å². The topological polar surface area (TPSA) is 56.0 Å². The van der Waals surface area contributed by atoms with Crippen LogP contribution in [0.1, 0.15) is 45.4 Å². The number of unbranched alkanes of at least 4 members (excludes halogenated alkanes) is 3. The molecule has 0 aliphatic rings. The summed E-state index contributed by atoms with van der Waals surface area (Å²) in [6.45, 7) is 3.12. The molecule has 0 saturated carbocycles. The molecule has 0 bridgehead atoms. The lowest BCUT2D eigenvalue weighted by molar-refractivity contribution is 0.284. The van der Waals surface area contributed by atoms with Crippen molar-refractivity contribution >= 4 is 0 Å². The van der Waals surface area contributed by atoms with Crippen molar-refractivity contribution in [2.45, 2.75) is 51.5 Å². The third kappa shape index (κ3) is 8.03. The van der Waals surface area contributed by atoms with Crippen LogP contribution in [0.2, 0.25) is 0 Å². The van der Waals surface area contributed by atoms with Gasteiger partial charge in [0.15, 0.2) is 0 Å². The lowest BCUT2D eigenvalue weighted by atomic mass is 10.1. The monoisotopic (exact) mass is 198 g/mol. The van der Waals surface area contributed by atoms with E-state index in [1.54, 1.807) is 0 Å². The summed E-state index contributed by atoms with van der Waals surface area (Å²) in [6, 6.07) is 2.22. The van der Waals surface area contributed by atoms with Gasteiger partial charge < -0.3 is 10.4 Å². The largest absolute Gasteiger partial charge is 0.396 e. The van der Waals surface area contributed by atoms with Crippen LogP contribution in [0.15, 0.2) is 0 Å². The molecule has 1 unspecified atom stereocenters. The van der Waals surface area contributed by atoms with E-state index >= 15 is 0 Å². The van der Waals surface area contributed by atoms with Gasteiger partial charge in [-0.15, -0.1) is 0 Å². The Morgan fingerprint density at radius 3 is 2.64 bits per heavy atom. The highest BCUT2D eigenvalue weighted by atomic mass is 16.3. The lowest BCUT2D eigenvalue weighted by Crippen LogP contribution is -2.28. The number of hydrogen-bond donors (Lipinski definition) is 2. The molecule has 82 valence electrons. The maximum absolute atomic E-state index is 8.81. The van der Waals surface area contributed by atoms with Gasteiger partial charge in [0.05, 0.1) is 12.1 Å². The third-order valence-electron chi connectivity index (χ3n) is 2.23. The fourth-order valence-corrected chi connectivity index (χ4v) is 1.34. The van der Waals surface area contributed by atoms with E-state index < -0.39 is 0 Å². The van der Waals surface area contributed by atoms with E-state index in [1.807, 2.05) is 0 Å². The van der Waals surface area contributed by atoms with Crippen molar-refractivity contribution in [1.82, 2.24) is 5.32 Å². The lowest BCUT2D eigenvalue weighted by Gasteiger charge is -2.10. The van der Waals surface area contributed by atoms with Crippen LogP contribution in [0, 0.1) is 11.3 Å². The molecule has 14 heavy (non-hydrogen) atoms. The molecule has 0 aromatic rings. The molecule has 0 aliphatic heterocycles. The molecule has 0 rings (SSSR count). The van der Waals surface area contributed by atoms with Gasteiger partial charge >= 0.3 is 0 Å². The molecule has 0 aromatic carbocycles. The predicted molar refractivity (Wildman–Crippen MR) is 57.9 cm³/mol. The smallest absolute Gasteiger partial charge is 0.0953 e. The van der Waals surface area contributed by atoms with Crippen molar-refractivity contribution < 1.29 is 5.11 Å². The summed E-state index contributed by atoms with van der Waals surface area (Å²) in [5.74, 6) is 0. The van der Waals surface area contributed by atoms with Crippen molar-refractivity contribution in [3.05, 3.63) is 0 Å². The van der Waals surface area contributed by atoms with Crippen LogP contribution in [-0.4, -0.2) is 24.3 Å². The summed E-state index contributed by atoms with van der Waals surface area (Å²) in [5.41, 5.74) is 0. The zero-order chi connectivity index (χ0) is 10.6. The van der Waals surface area contributed by atoms with E-state index in [0.29, 0.717) is 0 Å². The molecule has 0 heterocycles. The zero-order valence-electron chi connectivity index (χ0n) is 9.13. The number of rotatable bonds is 9. The van der Waals surface area contributed by atoms with E-state index in [4.69, 9.17) is 10.4 Å². The maximum Gasteiger partial charge on any atom is 0.0953 e. The Morgan fingerprint density at radius 2 is 2.07 bits per heavy atom. The first kappa shape index (κ1) is 13.4. The van der Waals surface area contributed by atoms with Gasteiger partial charge in [-0.25, -0.2) is 0 Å². The van der Waals surface area contributed by atoms with Crippen molar-refractivity contribution in [2.24, 2.45) is 0 Å². The minimum Gasteiger partial charge on any atom is -0.396 e. The Bertz CT molecular complexity index is 154. The second-order valence-electron chi connectivity index (χ2n) is 3.56. The number of nitriles is 1. The summed E-state index contributed by atoms with van der Waals surface area (Å²) in [4.78, 5) is 0. The molecule has 0 aromatic heterocycles. The molecule has 0 fully saturated rings. The maximum atomic E-state index is 8.81. The first-order valence-electron chi connectivity index (χ1n) is 5.59. The van der Waals surface area contributed by atoms with E-state index in [-0.39, 0.29) is 12.6 Å². The predicted octanol–water partition coefficient (Wildman–Crippen LogP) is 1.82. The first-order valence-corrected chi connectivity index (χ1v) is 5.59. The number of aliphatic hydroxyl groups excluding tert-OH is 1. The molecular formula is C11H22N2O. The molecule has 0 radical (unpaired) electrons. The van der Waals surface area contributed by atoms with Gasteiger partial charge in [-0.2, -0.15) is 5.26 Å².